The van der Waals surface area contributed by atoms with Gasteiger partial charge in [-0.2, -0.15) is 0 Å². The molecule has 0 radical (unpaired) electrons. The van der Waals surface area contributed by atoms with E-state index in [1.54, 1.807) is 11.8 Å². The van der Waals surface area contributed by atoms with Crippen LogP contribution in [0.5, 0.6) is 0 Å². The van der Waals surface area contributed by atoms with Gasteiger partial charge in [0.2, 0.25) is 5.91 Å². The Hall–Kier alpha value is -1.00. The lowest BCUT2D eigenvalue weighted by Gasteiger charge is -2.13. The molecule has 0 heterocycles. The molecule has 0 saturated carbocycles. The Kier molecular flexibility index (Phi) is 5.51. The maximum atomic E-state index is 11.4. The quantitative estimate of drug-likeness (QED) is 0.791. The highest BCUT2D eigenvalue weighted by Crippen LogP contribution is 2.18. The largest absolute Gasteiger partial charge is 0.387 e. The minimum atomic E-state index is -0.645. The summed E-state index contributed by atoms with van der Waals surface area (Å²) in [5, 5.41) is 12.6. The predicted molar refractivity (Wildman–Crippen MR) is 71.0 cm³/mol. The summed E-state index contributed by atoms with van der Waals surface area (Å²) in [6, 6.07) is 7.71. The molecule has 0 aromatic heterocycles. The van der Waals surface area contributed by atoms with E-state index in [9.17, 15) is 9.90 Å². The highest BCUT2D eigenvalue weighted by Gasteiger charge is 2.11. The van der Waals surface area contributed by atoms with Gasteiger partial charge >= 0.3 is 0 Å². The molecule has 0 fully saturated rings. The van der Waals surface area contributed by atoms with Crippen LogP contribution in [0, 0.1) is 5.92 Å². The molecule has 2 N–H and O–H groups in total. The summed E-state index contributed by atoms with van der Waals surface area (Å²) in [5.41, 5.74) is 0.826. The molecule has 0 aliphatic carbocycles. The van der Waals surface area contributed by atoms with Crippen LogP contribution >= 0.6 is 11.8 Å². The lowest BCUT2D eigenvalue weighted by molar-refractivity contribution is -0.124. The highest BCUT2D eigenvalue weighted by atomic mass is 32.2. The number of aliphatic hydroxyl groups excluding tert-OH is 1. The molecule has 0 spiro atoms. The lowest BCUT2D eigenvalue weighted by atomic mass is 10.1. The molecule has 1 aromatic carbocycles. The summed E-state index contributed by atoms with van der Waals surface area (Å²) >= 11 is 1.66. The van der Waals surface area contributed by atoms with Crippen LogP contribution in [0.4, 0.5) is 0 Å². The molecular weight excluding hydrogens is 234 g/mol. The predicted octanol–water partition coefficient (Wildman–Crippen LogP) is 2.21. The first kappa shape index (κ1) is 14.1. The Morgan fingerprint density at radius 2 is 1.94 bits per heavy atom. The average molecular weight is 253 g/mol. The molecule has 1 unspecified atom stereocenters. The zero-order valence-electron chi connectivity index (χ0n) is 10.4. The second-order valence-electron chi connectivity index (χ2n) is 4.19. The Morgan fingerprint density at radius 3 is 2.41 bits per heavy atom. The fraction of sp³-hybridized carbons (Fsp3) is 0.462. The standard InChI is InChI=1S/C13H19NO2S/c1-9(2)13(16)14-8-12(15)10-4-6-11(17-3)7-5-10/h4-7,9,12,15H,8H2,1-3H3,(H,14,16). The Balaban J connectivity index is 2.51. The van der Waals surface area contributed by atoms with Crippen LogP contribution in [0.25, 0.3) is 0 Å². The van der Waals surface area contributed by atoms with Crippen molar-refractivity contribution in [3.8, 4) is 0 Å². The summed E-state index contributed by atoms with van der Waals surface area (Å²) in [7, 11) is 0. The van der Waals surface area contributed by atoms with Crippen molar-refractivity contribution >= 4 is 17.7 Å². The van der Waals surface area contributed by atoms with E-state index in [4.69, 9.17) is 0 Å². The molecule has 1 aromatic rings. The molecule has 1 atom stereocenters. The van der Waals surface area contributed by atoms with Crippen molar-refractivity contribution in [2.45, 2.75) is 24.8 Å². The van der Waals surface area contributed by atoms with Gasteiger partial charge in [-0.1, -0.05) is 26.0 Å². The van der Waals surface area contributed by atoms with E-state index >= 15 is 0 Å². The molecule has 0 aliphatic heterocycles. The third-order valence-electron chi connectivity index (χ3n) is 2.49. The van der Waals surface area contributed by atoms with Crippen molar-refractivity contribution in [2.24, 2.45) is 5.92 Å². The van der Waals surface area contributed by atoms with E-state index in [0.29, 0.717) is 0 Å². The second-order valence-corrected chi connectivity index (χ2v) is 5.07. The third-order valence-corrected chi connectivity index (χ3v) is 3.24. The van der Waals surface area contributed by atoms with Gasteiger partial charge in [-0.25, -0.2) is 0 Å². The average Bonchev–Trinajstić information content (AvgIpc) is 2.35. The maximum Gasteiger partial charge on any atom is 0.222 e. The summed E-state index contributed by atoms with van der Waals surface area (Å²) in [6.07, 6.45) is 1.36. The molecule has 1 amide bonds. The molecule has 0 aliphatic rings. The SMILES string of the molecule is CSc1ccc(C(O)CNC(=O)C(C)C)cc1. The Bertz CT molecular complexity index is 362. The molecule has 0 bridgehead atoms. The zero-order valence-corrected chi connectivity index (χ0v) is 11.3. The smallest absolute Gasteiger partial charge is 0.222 e. The second kappa shape index (κ2) is 6.67. The number of hydrogen-bond donors (Lipinski definition) is 2. The van der Waals surface area contributed by atoms with Crippen LogP contribution in [0.2, 0.25) is 0 Å². The Morgan fingerprint density at radius 1 is 1.35 bits per heavy atom. The Labute approximate surface area is 107 Å². The van der Waals surface area contributed by atoms with Crippen LogP contribution in [0.3, 0.4) is 0 Å². The van der Waals surface area contributed by atoms with E-state index in [0.717, 1.165) is 10.5 Å². The summed E-state index contributed by atoms with van der Waals surface area (Å²) < 4.78 is 0. The van der Waals surface area contributed by atoms with Gasteiger partial charge in [0.1, 0.15) is 0 Å². The van der Waals surface area contributed by atoms with Gasteiger partial charge in [-0.05, 0) is 24.0 Å². The van der Waals surface area contributed by atoms with Gasteiger partial charge in [-0.15, -0.1) is 11.8 Å². The molecule has 94 valence electrons. The minimum absolute atomic E-state index is 0.0372. The molecule has 4 heteroatoms. The number of nitrogens with one attached hydrogen (secondary N) is 1. The van der Waals surface area contributed by atoms with Crippen molar-refractivity contribution in [1.29, 1.82) is 0 Å². The molecule has 1 rings (SSSR count). The van der Waals surface area contributed by atoms with Crippen LogP contribution < -0.4 is 5.32 Å². The summed E-state index contributed by atoms with van der Waals surface area (Å²) in [6.45, 7) is 3.92. The number of rotatable bonds is 5. The normalized spacial score (nSPS) is 12.5. The van der Waals surface area contributed by atoms with Crippen LogP contribution in [0.1, 0.15) is 25.5 Å². The topological polar surface area (TPSA) is 49.3 Å². The van der Waals surface area contributed by atoms with Crippen LogP contribution in [-0.4, -0.2) is 23.8 Å². The van der Waals surface area contributed by atoms with Crippen LogP contribution in [0.15, 0.2) is 29.2 Å². The number of aliphatic hydroxyl groups is 1. The van der Waals surface area contributed by atoms with Crippen LogP contribution in [-0.2, 0) is 4.79 Å². The first-order chi connectivity index (χ1) is 8.04. The van der Waals surface area contributed by atoms with E-state index < -0.39 is 6.10 Å². The maximum absolute atomic E-state index is 11.4. The molecule has 0 saturated heterocycles. The van der Waals surface area contributed by atoms with Gasteiger partial charge in [0.05, 0.1) is 6.10 Å². The van der Waals surface area contributed by atoms with Crippen molar-refractivity contribution in [1.82, 2.24) is 5.32 Å². The molecular formula is C13H19NO2S. The fourth-order valence-corrected chi connectivity index (χ4v) is 1.75. The van der Waals surface area contributed by atoms with E-state index in [2.05, 4.69) is 5.32 Å². The van der Waals surface area contributed by atoms with Gasteiger partial charge in [0.25, 0.3) is 0 Å². The molecule has 3 nitrogen and oxygen atoms in total. The van der Waals surface area contributed by atoms with Gasteiger partial charge in [0.15, 0.2) is 0 Å². The first-order valence-corrected chi connectivity index (χ1v) is 6.86. The van der Waals surface area contributed by atoms with Gasteiger partial charge < -0.3 is 10.4 Å². The van der Waals surface area contributed by atoms with Crippen molar-refractivity contribution < 1.29 is 9.90 Å². The summed E-state index contributed by atoms with van der Waals surface area (Å²) in [4.78, 5) is 12.5. The molecule has 17 heavy (non-hydrogen) atoms. The number of benzene rings is 1. The highest BCUT2D eigenvalue weighted by molar-refractivity contribution is 7.98. The first-order valence-electron chi connectivity index (χ1n) is 5.64. The third kappa shape index (κ3) is 4.40. The number of carbonyl (C=O) groups excluding carboxylic acids is 1. The monoisotopic (exact) mass is 253 g/mol. The fourth-order valence-electron chi connectivity index (χ4n) is 1.35. The van der Waals surface area contributed by atoms with Gasteiger partial charge in [0, 0.05) is 17.4 Å². The number of thioether (sulfide) groups is 1. The van der Waals surface area contributed by atoms with Crippen molar-refractivity contribution in [3.05, 3.63) is 29.8 Å². The minimum Gasteiger partial charge on any atom is -0.387 e. The zero-order chi connectivity index (χ0) is 12.8. The number of amides is 1. The van der Waals surface area contributed by atoms with E-state index in [1.807, 2.05) is 44.4 Å². The lowest BCUT2D eigenvalue weighted by Crippen LogP contribution is -2.31. The van der Waals surface area contributed by atoms with Gasteiger partial charge in [-0.3, -0.25) is 4.79 Å². The summed E-state index contributed by atoms with van der Waals surface area (Å²) in [5.74, 6) is -0.0918. The van der Waals surface area contributed by atoms with Crippen molar-refractivity contribution in [3.63, 3.8) is 0 Å². The number of carbonyl (C=O) groups is 1. The van der Waals surface area contributed by atoms with E-state index in [1.165, 1.54) is 0 Å². The van der Waals surface area contributed by atoms with Crippen molar-refractivity contribution in [2.75, 3.05) is 12.8 Å². The van der Waals surface area contributed by atoms with E-state index in [-0.39, 0.29) is 18.4 Å². The number of hydrogen-bond acceptors (Lipinski definition) is 3.